The van der Waals surface area contributed by atoms with Crippen LogP contribution in [0.1, 0.15) is 11.3 Å². The highest BCUT2D eigenvalue weighted by Gasteiger charge is 2.18. The lowest BCUT2D eigenvalue weighted by molar-refractivity contribution is 0.374. The number of hydrogen-bond acceptors (Lipinski definition) is 6. The zero-order chi connectivity index (χ0) is 13.1. The summed E-state index contributed by atoms with van der Waals surface area (Å²) in [6, 6.07) is 0. The van der Waals surface area contributed by atoms with Gasteiger partial charge in [0.15, 0.2) is 5.82 Å². The zero-order valence-corrected chi connectivity index (χ0v) is 10.8. The van der Waals surface area contributed by atoms with Crippen LogP contribution in [0.25, 0.3) is 11.4 Å². The average molecular weight is 246 g/mol. The molecule has 6 heteroatoms. The van der Waals surface area contributed by atoms with Crippen LogP contribution in [0.5, 0.6) is 11.8 Å². The third-order valence-electron chi connectivity index (χ3n) is 2.61. The van der Waals surface area contributed by atoms with Gasteiger partial charge in [0.1, 0.15) is 11.9 Å². The molecular weight excluding hydrogens is 232 g/mol. The van der Waals surface area contributed by atoms with Gasteiger partial charge in [0.05, 0.1) is 14.2 Å². The van der Waals surface area contributed by atoms with Crippen LogP contribution in [0.15, 0.2) is 12.5 Å². The summed E-state index contributed by atoms with van der Waals surface area (Å²) >= 11 is 0. The minimum absolute atomic E-state index is 0.394. The van der Waals surface area contributed by atoms with Gasteiger partial charge in [-0.25, -0.2) is 19.9 Å². The van der Waals surface area contributed by atoms with E-state index in [1.807, 2.05) is 13.8 Å². The summed E-state index contributed by atoms with van der Waals surface area (Å²) in [5.41, 5.74) is 2.48. The third-order valence-corrected chi connectivity index (χ3v) is 2.61. The number of rotatable bonds is 3. The van der Waals surface area contributed by atoms with Gasteiger partial charge >= 0.3 is 0 Å². The van der Waals surface area contributed by atoms with E-state index in [0.717, 1.165) is 11.3 Å². The Bertz CT molecular complexity index is 550. The summed E-state index contributed by atoms with van der Waals surface area (Å²) in [5, 5.41) is 0. The van der Waals surface area contributed by atoms with Crippen LogP contribution in [0, 0.1) is 13.8 Å². The van der Waals surface area contributed by atoms with Gasteiger partial charge in [-0.05, 0) is 19.4 Å². The monoisotopic (exact) mass is 246 g/mol. The second kappa shape index (κ2) is 4.95. The smallest absolute Gasteiger partial charge is 0.231 e. The molecule has 0 amide bonds. The van der Waals surface area contributed by atoms with Crippen LogP contribution in [-0.2, 0) is 0 Å². The molecule has 18 heavy (non-hydrogen) atoms. The van der Waals surface area contributed by atoms with Crippen molar-refractivity contribution in [2.75, 3.05) is 14.2 Å². The van der Waals surface area contributed by atoms with Crippen LogP contribution in [0.3, 0.4) is 0 Å². The van der Waals surface area contributed by atoms with Gasteiger partial charge in [-0.15, -0.1) is 0 Å². The van der Waals surface area contributed by atoms with Crippen LogP contribution < -0.4 is 9.47 Å². The van der Waals surface area contributed by atoms with E-state index in [-0.39, 0.29) is 0 Å². The number of aryl methyl sites for hydroxylation is 2. The molecule has 0 unspecified atom stereocenters. The van der Waals surface area contributed by atoms with Gasteiger partial charge in [-0.1, -0.05) is 0 Å². The highest BCUT2D eigenvalue weighted by molar-refractivity contribution is 5.67. The molecule has 2 aromatic rings. The van der Waals surface area contributed by atoms with E-state index in [4.69, 9.17) is 9.47 Å². The van der Waals surface area contributed by atoms with E-state index in [9.17, 15) is 0 Å². The first-order valence-corrected chi connectivity index (χ1v) is 5.41. The van der Waals surface area contributed by atoms with E-state index in [1.165, 1.54) is 20.5 Å². The first-order valence-electron chi connectivity index (χ1n) is 5.41. The van der Waals surface area contributed by atoms with Gasteiger partial charge in [-0.3, -0.25) is 0 Å². The maximum atomic E-state index is 5.20. The molecule has 0 saturated heterocycles. The predicted octanol–water partition coefficient (Wildman–Crippen LogP) is 1.57. The molecule has 0 bridgehead atoms. The Morgan fingerprint density at radius 2 is 1.56 bits per heavy atom. The summed E-state index contributed by atoms with van der Waals surface area (Å²) in [4.78, 5) is 16.8. The normalized spacial score (nSPS) is 10.2. The van der Waals surface area contributed by atoms with Crippen LogP contribution >= 0.6 is 0 Å². The molecule has 2 heterocycles. The molecule has 0 N–H and O–H groups in total. The predicted molar refractivity (Wildman–Crippen MR) is 65.6 cm³/mol. The molecule has 0 radical (unpaired) electrons. The second-order valence-electron chi connectivity index (χ2n) is 3.73. The Morgan fingerprint density at radius 3 is 2.06 bits per heavy atom. The topological polar surface area (TPSA) is 70.0 Å². The zero-order valence-electron chi connectivity index (χ0n) is 10.8. The molecule has 0 aromatic carbocycles. The molecule has 0 atom stereocenters. The molecule has 0 spiro atoms. The Kier molecular flexibility index (Phi) is 3.36. The van der Waals surface area contributed by atoms with Crippen LogP contribution in [0.2, 0.25) is 0 Å². The van der Waals surface area contributed by atoms with Gasteiger partial charge in [0, 0.05) is 11.9 Å². The van der Waals surface area contributed by atoms with Crippen molar-refractivity contribution in [1.29, 1.82) is 0 Å². The molecule has 0 saturated carbocycles. The minimum Gasteiger partial charge on any atom is -0.480 e. The molecule has 2 rings (SSSR count). The lowest BCUT2D eigenvalue weighted by atomic mass is 10.2. The van der Waals surface area contributed by atoms with Crippen molar-refractivity contribution < 1.29 is 9.47 Å². The molecule has 6 nitrogen and oxygen atoms in total. The summed E-state index contributed by atoms with van der Waals surface area (Å²) in [5.74, 6) is 1.28. The number of nitrogens with zero attached hydrogens (tertiary/aromatic N) is 4. The first-order chi connectivity index (χ1) is 8.67. The quantitative estimate of drug-likeness (QED) is 0.818. The van der Waals surface area contributed by atoms with Crippen molar-refractivity contribution in [3.8, 4) is 23.1 Å². The summed E-state index contributed by atoms with van der Waals surface area (Å²) in [7, 11) is 3.07. The Morgan fingerprint density at radius 1 is 0.944 bits per heavy atom. The first kappa shape index (κ1) is 12.2. The number of hydrogen-bond donors (Lipinski definition) is 0. The lowest BCUT2D eigenvalue weighted by Crippen LogP contribution is -2.02. The molecule has 0 aliphatic carbocycles. The molecule has 94 valence electrons. The van der Waals surface area contributed by atoms with Gasteiger partial charge in [-0.2, -0.15) is 0 Å². The minimum atomic E-state index is 0.394. The fraction of sp³-hybridized carbons (Fsp3) is 0.333. The fourth-order valence-corrected chi connectivity index (χ4v) is 1.50. The number of methoxy groups -OCH3 is 2. The third kappa shape index (κ3) is 2.09. The lowest BCUT2D eigenvalue weighted by Gasteiger charge is -2.10. The largest absolute Gasteiger partial charge is 0.480 e. The fourth-order valence-electron chi connectivity index (χ4n) is 1.50. The average Bonchev–Trinajstić information content (AvgIpc) is 2.41. The molecule has 0 aliphatic rings. The summed E-state index contributed by atoms with van der Waals surface area (Å²) in [6.07, 6.45) is 3.13. The van der Waals surface area contributed by atoms with Gasteiger partial charge < -0.3 is 9.47 Å². The maximum absolute atomic E-state index is 5.20. The number of ether oxygens (including phenoxy) is 2. The van der Waals surface area contributed by atoms with E-state index in [2.05, 4.69) is 19.9 Å². The standard InChI is InChI=1S/C12H14N4O2/c1-7-5-13-10(16-8(7)2)9-11(17-3)14-6-15-12(9)18-4/h5-6H,1-4H3. The SMILES string of the molecule is COc1ncnc(OC)c1-c1ncc(C)c(C)n1. The van der Waals surface area contributed by atoms with Crippen molar-refractivity contribution in [3.05, 3.63) is 23.8 Å². The van der Waals surface area contributed by atoms with Crippen LogP contribution in [-0.4, -0.2) is 34.2 Å². The van der Waals surface area contributed by atoms with E-state index >= 15 is 0 Å². The van der Waals surface area contributed by atoms with Gasteiger partial charge in [0.2, 0.25) is 11.8 Å². The van der Waals surface area contributed by atoms with Crippen molar-refractivity contribution in [2.45, 2.75) is 13.8 Å². The molecule has 0 aliphatic heterocycles. The number of aromatic nitrogens is 4. The maximum Gasteiger partial charge on any atom is 0.231 e. The molecule has 0 fully saturated rings. The second-order valence-corrected chi connectivity index (χ2v) is 3.73. The Hall–Kier alpha value is -2.24. The van der Waals surface area contributed by atoms with Crippen LogP contribution in [0.4, 0.5) is 0 Å². The van der Waals surface area contributed by atoms with Crippen molar-refractivity contribution in [3.63, 3.8) is 0 Å². The van der Waals surface area contributed by atoms with E-state index in [0.29, 0.717) is 23.1 Å². The summed E-state index contributed by atoms with van der Waals surface area (Å²) in [6.45, 7) is 3.87. The van der Waals surface area contributed by atoms with Crippen molar-refractivity contribution >= 4 is 0 Å². The van der Waals surface area contributed by atoms with Gasteiger partial charge in [0.25, 0.3) is 0 Å². The Labute approximate surface area is 105 Å². The highest BCUT2D eigenvalue weighted by Crippen LogP contribution is 2.32. The van der Waals surface area contributed by atoms with E-state index in [1.54, 1.807) is 6.20 Å². The molecule has 2 aromatic heterocycles. The van der Waals surface area contributed by atoms with E-state index < -0.39 is 0 Å². The van der Waals surface area contributed by atoms with Crippen molar-refractivity contribution in [1.82, 2.24) is 19.9 Å². The Balaban J connectivity index is 2.64. The highest BCUT2D eigenvalue weighted by atomic mass is 16.5. The summed E-state index contributed by atoms with van der Waals surface area (Å²) < 4.78 is 10.4. The van der Waals surface area contributed by atoms with Crippen molar-refractivity contribution in [2.24, 2.45) is 0 Å². The molecular formula is C12H14N4O2.